The van der Waals surface area contributed by atoms with Crippen LogP contribution in [0.5, 0.6) is 0 Å². The van der Waals surface area contributed by atoms with E-state index in [-0.39, 0.29) is 70.9 Å². The van der Waals surface area contributed by atoms with Crippen LogP contribution in [-0.4, -0.2) is 117 Å². The van der Waals surface area contributed by atoms with Gasteiger partial charge >= 0.3 is 5.97 Å². The average molecular weight is 744 g/mol. The lowest BCUT2D eigenvalue weighted by molar-refractivity contribution is -0.146. The van der Waals surface area contributed by atoms with E-state index in [1.54, 1.807) is 30.3 Å². The molecule has 2 saturated heterocycles. The maximum Gasteiger partial charge on any atom is 0.326 e. The van der Waals surface area contributed by atoms with Gasteiger partial charge in [0.1, 0.15) is 30.2 Å². The van der Waals surface area contributed by atoms with Crippen LogP contribution >= 0.6 is 0 Å². The van der Waals surface area contributed by atoms with Crippen LogP contribution in [0, 0.1) is 0 Å². The van der Waals surface area contributed by atoms with Gasteiger partial charge in [0.15, 0.2) is 0 Å². The number of primary amides is 3. The van der Waals surface area contributed by atoms with E-state index >= 15 is 0 Å². The van der Waals surface area contributed by atoms with Gasteiger partial charge in [-0.05, 0) is 50.5 Å². The largest absolute Gasteiger partial charge is 0.480 e. The van der Waals surface area contributed by atoms with Crippen molar-refractivity contribution in [2.24, 2.45) is 22.9 Å². The predicted octanol–water partition coefficient (Wildman–Crippen LogP) is -3.13. The third kappa shape index (κ3) is 12.5. The van der Waals surface area contributed by atoms with Crippen molar-refractivity contribution in [3.8, 4) is 0 Å². The number of hydrogen-bond acceptors (Lipinski definition) is 10. The monoisotopic (exact) mass is 743 g/mol. The number of carbonyl (C=O) groups excluding carboxylic acids is 8. The molecule has 2 aliphatic heterocycles. The van der Waals surface area contributed by atoms with Crippen molar-refractivity contribution in [2.45, 2.75) is 107 Å². The second kappa shape index (κ2) is 19.9. The van der Waals surface area contributed by atoms with Gasteiger partial charge in [-0.2, -0.15) is 0 Å². The molecule has 2 heterocycles. The molecule has 0 radical (unpaired) electrons. The Morgan fingerprint density at radius 1 is 0.660 bits per heavy atom. The van der Waals surface area contributed by atoms with Crippen molar-refractivity contribution < 1.29 is 48.3 Å². The summed E-state index contributed by atoms with van der Waals surface area (Å²) in [6, 6.07) is 1.58. The number of likely N-dealkylation sites (tertiary alicyclic amines) is 2. The third-order valence-corrected chi connectivity index (χ3v) is 9.20. The van der Waals surface area contributed by atoms with Crippen LogP contribution in [0.1, 0.15) is 69.8 Å². The van der Waals surface area contributed by atoms with Gasteiger partial charge in [0.25, 0.3) is 0 Å². The van der Waals surface area contributed by atoms with Crippen molar-refractivity contribution in [1.29, 1.82) is 0 Å². The highest BCUT2D eigenvalue weighted by Crippen LogP contribution is 2.23. The average Bonchev–Trinajstić information content (AvgIpc) is 3.81. The minimum atomic E-state index is -1.42. The summed E-state index contributed by atoms with van der Waals surface area (Å²) in [6.07, 6.45) is 0.0567. The molecule has 53 heavy (non-hydrogen) atoms. The normalized spacial score (nSPS) is 19.0. The van der Waals surface area contributed by atoms with Crippen LogP contribution in [0.4, 0.5) is 0 Å². The number of nitrogens with two attached hydrogens (primary N) is 4. The summed E-state index contributed by atoms with van der Waals surface area (Å²) in [4.78, 5) is 116. The molecule has 0 bridgehead atoms. The van der Waals surface area contributed by atoms with Gasteiger partial charge < -0.3 is 53.8 Å². The number of rotatable bonds is 20. The second-order valence-corrected chi connectivity index (χ2v) is 13.2. The molecule has 2 fully saturated rings. The number of carboxylic acids is 1. The zero-order chi connectivity index (χ0) is 39.2. The van der Waals surface area contributed by atoms with E-state index in [0.29, 0.717) is 18.4 Å². The second-order valence-electron chi connectivity index (χ2n) is 13.2. The number of amides is 8. The lowest BCUT2D eigenvalue weighted by Gasteiger charge is -2.32. The molecule has 1 aromatic rings. The molecule has 19 nitrogen and oxygen atoms in total. The Labute approximate surface area is 305 Å². The summed E-state index contributed by atoms with van der Waals surface area (Å²) in [7, 11) is 0. The van der Waals surface area contributed by atoms with Gasteiger partial charge in [-0.1, -0.05) is 30.3 Å². The molecule has 290 valence electrons. The lowest BCUT2D eigenvalue weighted by atomic mass is 10.0. The van der Waals surface area contributed by atoms with Crippen LogP contribution in [0.15, 0.2) is 30.3 Å². The SMILES string of the molecule is NC(=O)CC[C@H](NC(=O)[C@@H]1CCCN1C(=O)[C@H](Cc1ccccc1)NC(=O)[C@@H]1CCCN1C(=O)[C@H](CCC(N)=O)NC(=O)[C@@H](N)CCC(N)=O)C(=O)O. The first kappa shape index (κ1) is 41.8. The Balaban J connectivity index is 1.81. The zero-order valence-electron chi connectivity index (χ0n) is 29.4. The van der Waals surface area contributed by atoms with Crippen molar-refractivity contribution in [3.63, 3.8) is 0 Å². The van der Waals surface area contributed by atoms with Crippen molar-refractivity contribution in [1.82, 2.24) is 25.8 Å². The number of carbonyl (C=O) groups is 9. The van der Waals surface area contributed by atoms with Crippen molar-refractivity contribution >= 4 is 53.2 Å². The van der Waals surface area contributed by atoms with Crippen LogP contribution in [-0.2, 0) is 49.6 Å². The Morgan fingerprint density at radius 2 is 1.11 bits per heavy atom. The fourth-order valence-electron chi connectivity index (χ4n) is 6.39. The minimum Gasteiger partial charge on any atom is -0.480 e. The number of carboxylic acid groups (broad SMARTS) is 1. The summed E-state index contributed by atoms with van der Waals surface area (Å²) < 4.78 is 0. The van der Waals surface area contributed by atoms with E-state index in [0.717, 1.165) is 0 Å². The first-order chi connectivity index (χ1) is 25.1. The minimum absolute atomic E-state index is 0.0216. The van der Waals surface area contributed by atoms with Crippen molar-refractivity contribution in [3.05, 3.63) is 35.9 Å². The predicted molar refractivity (Wildman–Crippen MR) is 186 cm³/mol. The van der Waals surface area contributed by atoms with Gasteiger partial charge in [0.2, 0.25) is 47.3 Å². The van der Waals surface area contributed by atoms with Crippen molar-refractivity contribution in [2.75, 3.05) is 13.1 Å². The lowest BCUT2D eigenvalue weighted by Crippen LogP contribution is -2.59. The molecule has 3 rings (SSSR count). The Bertz CT molecular complexity index is 1540. The number of hydrogen-bond donors (Lipinski definition) is 8. The Kier molecular flexibility index (Phi) is 15.7. The molecular formula is C34H49N9O10. The van der Waals surface area contributed by atoms with Crippen LogP contribution in [0.2, 0.25) is 0 Å². The molecular weight excluding hydrogens is 694 g/mol. The third-order valence-electron chi connectivity index (χ3n) is 9.20. The van der Waals surface area contributed by atoms with E-state index in [1.165, 1.54) is 9.80 Å². The Hall–Kier alpha value is -5.59. The van der Waals surface area contributed by atoms with Gasteiger partial charge in [-0.3, -0.25) is 38.4 Å². The topological polar surface area (TPSA) is 321 Å². The number of aliphatic carboxylic acids is 1. The molecule has 0 unspecified atom stereocenters. The van der Waals surface area contributed by atoms with E-state index in [2.05, 4.69) is 16.0 Å². The van der Waals surface area contributed by atoms with E-state index in [1.807, 2.05) is 0 Å². The van der Waals surface area contributed by atoms with Gasteiger partial charge in [-0.25, -0.2) is 4.79 Å². The molecule has 2 aliphatic rings. The smallest absolute Gasteiger partial charge is 0.326 e. The Morgan fingerprint density at radius 3 is 1.60 bits per heavy atom. The van der Waals surface area contributed by atoms with Gasteiger partial charge in [0.05, 0.1) is 6.04 Å². The fraction of sp³-hybridized carbons (Fsp3) is 0.559. The number of nitrogens with one attached hydrogen (secondary N) is 3. The summed E-state index contributed by atoms with van der Waals surface area (Å²) >= 11 is 0. The fourth-order valence-corrected chi connectivity index (χ4v) is 6.39. The van der Waals surface area contributed by atoms with E-state index in [4.69, 9.17) is 22.9 Å². The molecule has 0 saturated carbocycles. The molecule has 1 aromatic carbocycles. The maximum absolute atomic E-state index is 14.1. The first-order valence-corrected chi connectivity index (χ1v) is 17.5. The quantitative estimate of drug-likeness (QED) is 0.0660. The van der Waals surface area contributed by atoms with Crippen LogP contribution < -0.4 is 38.9 Å². The highest BCUT2D eigenvalue weighted by Gasteiger charge is 2.42. The summed E-state index contributed by atoms with van der Waals surface area (Å²) in [5, 5.41) is 17.2. The van der Waals surface area contributed by atoms with Gasteiger partial charge in [0, 0.05) is 38.8 Å². The summed E-state index contributed by atoms with van der Waals surface area (Å²) in [6.45, 7) is 0.272. The zero-order valence-corrected chi connectivity index (χ0v) is 29.4. The molecule has 0 aliphatic carbocycles. The molecule has 19 heteroatoms. The summed E-state index contributed by atoms with van der Waals surface area (Å²) in [5.41, 5.74) is 22.2. The van der Waals surface area contributed by atoms with Gasteiger partial charge in [-0.15, -0.1) is 0 Å². The van der Waals surface area contributed by atoms with E-state index < -0.39 is 89.5 Å². The highest BCUT2D eigenvalue weighted by molar-refractivity contribution is 5.97. The highest BCUT2D eigenvalue weighted by atomic mass is 16.4. The molecule has 12 N–H and O–H groups in total. The van der Waals surface area contributed by atoms with Crippen LogP contribution in [0.3, 0.4) is 0 Å². The first-order valence-electron chi connectivity index (χ1n) is 17.5. The maximum atomic E-state index is 14.1. The summed E-state index contributed by atoms with van der Waals surface area (Å²) in [5.74, 6) is -6.95. The van der Waals surface area contributed by atoms with Crippen LogP contribution in [0.25, 0.3) is 0 Å². The molecule has 0 spiro atoms. The number of nitrogens with zero attached hydrogens (tertiary/aromatic N) is 2. The number of benzene rings is 1. The molecule has 0 aromatic heterocycles. The standard InChI is InChI=1S/C34H49N9O10/c35-20(10-13-26(36)44)29(47)39-21(11-14-27(37)45)32(50)42-16-4-9-25(42)31(49)41-23(18-19-6-2-1-3-7-19)33(51)43-17-5-8-24(43)30(48)40-22(34(52)53)12-15-28(38)46/h1-3,6-7,20-25H,4-5,8-18,35H2,(H2,36,44)(H2,37,45)(H2,38,46)(H,39,47)(H,40,48)(H,41,49)(H,52,53)/t20-,21-,22-,23-,24-,25-/m0/s1. The van der Waals surface area contributed by atoms with E-state index in [9.17, 15) is 48.3 Å². The molecule has 6 atom stereocenters. The molecule has 8 amide bonds.